The van der Waals surface area contributed by atoms with Gasteiger partial charge in [-0.15, -0.1) is 12.4 Å². The van der Waals surface area contributed by atoms with E-state index in [0.717, 1.165) is 0 Å². The summed E-state index contributed by atoms with van der Waals surface area (Å²) >= 11 is 0. The van der Waals surface area contributed by atoms with Gasteiger partial charge < -0.3 is 19.8 Å². The summed E-state index contributed by atoms with van der Waals surface area (Å²) in [4.78, 5) is 48.1. The molecule has 14 heteroatoms. The van der Waals surface area contributed by atoms with Crippen LogP contribution in [0.5, 0.6) is 0 Å². The minimum atomic E-state index is -5.17. The van der Waals surface area contributed by atoms with E-state index in [9.17, 15) is 24.1 Å². The van der Waals surface area contributed by atoms with E-state index in [1.165, 1.54) is 0 Å². The second-order valence-corrected chi connectivity index (χ2v) is 4.20. The second kappa shape index (κ2) is 11.4. The maximum absolute atomic E-state index is 10.8. The summed E-state index contributed by atoms with van der Waals surface area (Å²) in [6.45, 7) is 0. The van der Waals surface area contributed by atoms with Gasteiger partial charge in [0, 0.05) is 0 Å². The first-order chi connectivity index (χ1) is 7.46. The van der Waals surface area contributed by atoms with Crippen LogP contribution in [0.15, 0.2) is 0 Å². The fourth-order valence-electron chi connectivity index (χ4n) is 0.868. The average molecular weight is 357 g/mol. The number of carboxylic acids is 2. The standard InChI is InChI=1S/C6H9O10P.ClH.2Na.2H/c7-3(8)1-6(12,5(10)11)2-4(9)16-17(13,14)15;;;;;/h12H,1-2H2,(H,7,8)(H,10,11)(H2,13,14,15);1H;;;;. The Balaban J connectivity index is -0.000000427. The molecule has 0 bridgehead atoms. The van der Waals surface area contributed by atoms with Crippen LogP contribution in [0.2, 0.25) is 0 Å². The predicted octanol–water partition coefficient (Wildman–Crippen LogP) is -2.57. The molecule has 5 N–H and O–H groups in total. The van der Waals surface area contributed by atoms with Crippen LogP contribution in [0.4, 0.5) is 0 Å². The zero-order chi connectivity index (χ0) is 13.9. The van der Waals surface area contributed by atoms with Gasteiger partial charge in [-0.1, -0.05) is 0 Å². The Kier molecular flexibility index (Phi) is 16.5. The van der Waals surface area contributed by atoms with E-state index in [0.29, 0.717) is 0 Å². The molecule has 0 aromatic carbocycles. The Morgan fingerprint density at radius 3 is 1.70 bits per heavy atom. The normalized spacial score (nSPS) is 12.6. The molecular weight excluding hydrogens is 344 g/mol. The summed E-state index contributed by atoms with van der Waals surface area (Å²) in [5.74, 6) is -5.47. The zero-order valence-corrected chi connectivity index (χ0v) is 10.3. The zero-order valence-electron chi connectivity index (χ0n) is 8.55. The van der Waals surface area contributed by atoms with Gasteiger partial charge in [0.2, 0.25) is 0 Å². The van der Waals surface area contributed by atoms with E-state index < -0.39 is 44.2 Å². The van der Waals surface area contributed by atoms with Gasteiger partial charge in [0.15, 0.2) is 5.60 Å². The van der Waals surface area contributed by atoms with Crippen molar-refractivity contribution >= 4 is 97.3 Å². The van der Waals surface area contributed by atoms with Gasteiger partial charge in [0.1, 0.15) is 0 Å². The topological polar surface area (TPSA) is 179 Å². The molecule has 0 saturated heterocycles. The summed E-state index contributed by atoms with van der Waals surface area (Å²) in [6.07, 6.45) is -2.72. The van der Waals surface area contributed by atoms with E-state index in [1.807, 2.05) is 0 Å². The first kappa shape index (κ1) is 28.9. The number of phosphoric acid groups is 1. The van der Waals surface area contributed by atoms with Crippen LogP contribution in [0, 0.1) is 0 Å². The molecule has 0 aliphatic carbocycles. The van der Waals surface area contributed by atoms with Crippen molar-refractivity contribution in [1.82, 2.24) is 0 Å². The summed E-state index contributed by atoms with van der Waals surface area (Å²) in [6, 6.07) is 0. The van der Waals surface area contributed by atoms with Crippen LogP contribution in [0.1, 0.15) is 12.8 Å². The third-order valence-electron chi connectivity index (χ3n) is 1.50. The summed E-state index contributed by atoms with van der Waals surface area (Å²) in [5, 5.41) is 26.1. The van der Waals surface area contributed by atoms with E-state index in [4.69, 9.17) is 20.0 Å². The number of aliphatic carboxylic acids is 2. The van der Waals surface area contributed by atoms with Gasteiger partial charge in [-0.3, -0.25) is 19.4 Å². The molecule has 1 unspecified atom stereocenters. The number of carbonyl (C=O) groups is 3. The molecule has 0 fully saturated rings. The number of carbonyl (C=O) groups excluding carboxylic acids is 1. The van der Waals surface area contributed by atoms with Gasteiger partial charge in [-0.25, -0.2) is 9.36 Å². The molecular formula is C6H12ClNa2O10P. The molecule has 0 rings (SSSR count). The third kappa shape index (κ3) is 12.5. The average Bonchev–Trinajstić information content (AvgIpc) is 1.96. The minimum absolute atomic E-state index is 0. The van der Waals surface area contributed by atoms with Gasteiger partial charge >= 0.3 is 84.8 Å². The number of phosphoric ester groups is 1. The van der Waals surface area contributed by atoms with Crippen LogP contribution in [0.3, 0.4) is 0 Å². The van der Waals surface area contributed by atoms with E-state index in [-0.39, 0.29) is 71.5 Å². The van der Waals surface area contributed by atoms with Crippen LogP contribution in [0.25, 0.3) is 0 Å². The molecule has 0 spiro atoms. The maximum atomic E-state index is 10.8. The number of rotatable bonds is 6. The monoisotopic (exact) mass is 356 g/mol. The first-order valence-corrected chi connectivity index (χ1v) is 5.45. The molecule has 0 amide bonds. The fourth-order valence-corrected chi connectivity index (χ4v) is 1.20. The summed E-state index contributed by atoms with van der Waals surface area (Å²) in [5.41, 5.74) is -2.99. The van der Waals surface area contributed by atoms with Crippen molar-refractivity contribution in [3.05, 3.63) is 0 Å². The Morgan fingerprint density at radius 2 is 1.45 bits per heavy atom. The van der Waals surface area contributed by atoms with Gasteiger partial charge in [-0.2, -0.15) is 0 Å². The number of hydrogen-bond acceptors (Lipinski definition) is 6. The van der Waals surface area contributed by atoms with Crippen LogP contribution < -0.4 is 0 Å². The molecule has 0 radical (unpaired) electrons. The molecule has 0 aliphatic rings. The Hall–Kier alpha value is 0.810. The molecule has 20 heavy (non-hydrogen) atoms. The Bertz CT molecular complexity index is 397. The van der Waals surface area contributed by atoms with Crippen molar-refractivity contribution in [2.75, 3.05) is 0 Å². The van der Waals surface area contributed by atoms with Crippen LogP contribution in [-0.4, -0.2) is 108 Å². The fraction of sp³-hybridized carbons (Fsp3) is 0.500. The molecule has 110 valence electrons. The van der Waals surface area contributed by atoms with Crippen LogP contribution >= 0.6 is 20.2 Å². The van der Waals surface area contributed by atoms with Gasteiger partial charge in [0.05, 0.1) is 12.8 Å². The Morgan fingerprint density at radius 1 is 1.05 bits per heavy atom. The van der Waals surface area contributed by atoms with Crippen molar-refractivity contribution in [2.24, 2.45) is 0 Å². The summed E-state index contributed by atoms with van der Waals surface area (Å²) < 4.78 is 13.7. The molecule has 0 aromatic heterocycles. The molecule has 0 aromatic rings. The SMILES string of the molecule is Cl.O=C(O)CC(O)(CC(=O)OP(=O)(O)O)C(=O)O.[NaH].[NaH]. The Labute approximate surface area is 163 Å². The van der Waals surface area contributed by atoms with Crippen LogP contribution in [-0.2, 0) is 23.5 Å². The summed E-state index contributed by atoms with van der Waals surface area (Å²) in [7, 11) is -5.17. The quantitative estimate of drug-likeness (QED) is 0.251. The van der Waals surface area contributed by atoms with E-state index in [2.05, 4.69) is 4.52 Å². The number of hydrogen-bond donors (Lipinski definition) is 5. The van der Waals surface area contributed by atoms with Crippen molar-refractivity contribution < 1.29 is 48.6 Å². The van der Waals surface area contributed by atoms with Crippen molar-refractivity contribution in [3.8, 4) is 0 Å². The molecule has 0 heterocycles. The number of aliphatic hydroxyl groups is 1. The second-order valence-electron chi connectivity index (χ2n) is 3.04. The van der Waals surface area contributed by atoms with Crippen molar-refractivity contribution in [1.29, 1.82) is 0 Å². The van der Waals surface area contributed by atoms with Gasteiger partial charge in [-0.05, 0) is 0 Å². The third-order valence-corrected chi connectivity index (χ3v) is 1.94. The van der Waals surface area contributed by atoms with E-state index in [1.54, 1.807) is 0 Å². The van der Waals surface area contributed by atoms with Crippen molar-refractivity contribution in [2.45, 2.75) is 18.4 Å². The molecule has 0 saturated carbocycles. The number of carboxylic acid groups (broad SMARTS) is 2. The number of halogens is 1. The van der Waals surface area contributed by atoms with Crippen molar-refractivity contribution in [3.63, 3.8) is 0 Å². The molecule has 1 atom stereocenters. The molecule has 0 aliphatic heterocycles. The van der Waals surface area contributed by atoms with E-state index >= 15 is 0 Å². The molecule has 10 nitrogen and oxygen atoms in total. The predicted molar refractivity (Wildman–Crippen MR) is 69.1 cm³/mol. The first-order valence-electron chi connectivity index (χ1n) is 3.92. The van der Waals surface area contributed by atoms with Gasteiger partial charge in [0.25, 0.3) is 0 Å².